The Bertz CT molecular complexity index is 598. The van der Waals surface area contributed by atoms with Gasteiger partial charge in [0, 0.05) is 12.1 Å². The minimum atomic E-state index is -1.07. The second kappa shape index (κ2) is 7.72. The first-order valence-electron chi connectivity index (χ1n) is 7.09. The number of hydrogen-bond acceptors (Lipinski definition) is 4. The third kappa shape index (κ3) is 3.85. The van der Waals surface area contributed by atoms with E-state index < -0.39 is 5.72 Å². The highest BCUT2D eigenvalue weighted by Gasteiger charge is 2.43. The fourth-order valence-corrected chi connectivity index (χ4v) is 3.66. The van der Waals surface area contributed by atoms with E-state index in [1.165, 1.54) is 11.8 Å². The third-order valence-electron chi connectivity index (χ3n) is 3.41. The minimum Gasteiger partial charge on any atom is -0.366 e. The van der Waals surface area contributed by atoms with E-state index in [0.717, 1.165) is 11.1 Å². The van der Waals surface area contributed by atoms with E-state index in [9.17, 15) is 5.11 Å². The van der Waals surface area contributed by atoms with Gasteiger partial charge in [0.15, 0.2) is 5.72 Å². The first-order chi connectivity index (χ1) is 10.6. The van der Waals surface area contributed by atoms with Gasteiger partial charge in [-0.05, 0) is 18.7 Å². The van der Waals surface area contributed by atoms with Crippen LogP contribution in [0.5, 0.6) is 0 Å². The first-order valence-corrected chi connectivity index (χ1v) is 8.48. The fraction of sp³-hybridized carbons (Fsp3) is 0.294. The quantitative estimate of drug-likeness (QED) is 0.492. The summed E-state index contributed by atoms with van der Waals surface area (Å²) in [5, 5.41) is 11.1. The van der Waals surface area contributed by atoms with Crippen LogP contribution in [0.15, 0.2) is 59.6 Å². The molecule has 1 atom stereocenters. The second-order valence-electron chi connectivity index (χ2n) is 5.01. The van der Waals surface area contributed by atoms with Gasteiger partial charge in [-0.25, -0.2) is 0 Å². The second-order valence-corrected chi connectivity index (χ2v) is 6.62. The first kappa shape index (κ1) is 16.9. The normalized spacial score (nSPS) is 22.1. The highest BCUT2D eigenvalue weighted by molar-refractivity contribution is 8.23. The van der Waals surface area contributed by atoms with Gasteiger partial charge >= 0.3 is 0 Å². The molecule has 1 aliphatic rings. The molecular weight excluding hydrogens is 312 g/mol. The van der Waals surface area contributed by atoms with Crippen molar-refractivity contribution < 1.29 is 5.11 Å². The molecule has 5 heteroatoms. The van der Waals surface area contributed by atoms with Crippen molar-refractivity contribution in [3.63, 3.8) is 0 Å². The summed E-state index contributed by atoms with van der Waals surface area (Å²) >= 11 is 6.90. The van der Waals surface area contributed by atoms with Gasteiger partial charge in [-0.1, -0.05) is 73.0 Å². The van der Waals surface area contributed by atoms with Crippen LogP contribution in [0, 0.1) is 0 Å². The molecule has 1 unspecified atom stereocenters. The van der Waals surface area contributed by atoms with Crippen molar-refractivity contribution in [3.05, 3.63) is 60.2 Å². The van der Waals surface area contributed by atoms with Gasteiger partial charge in [-0.3, -0.25) is 4.99 Å². The molecule has 0 spiro atoms. The standard InChI is InChI=1S/C17H20N2OS2/c1-3-18-11-7-8-14(2)12-19-16(21)22-13-17(19,20)15-9-5-4-6-10-15/h3-10,20H,2,11-13H2,1H3/b8-7-,18-3?. The van der Waals surface area contributed by atoms with Crippen LogP contribution in [-0.2, 0) is 5.72 Å². The summed E-state index contributed by atoms with van der Waals surface area (Å²) in [6.45, 7) is 7.08. The topological polar surface area (TPSA) is 35.8 Å². The van der Waals surface area contributed by atoms with Crippen LogP contribution in [0.1, 0.15) is 12.5 Å². The SMILES string of the molecule is C=C(/C=C\CN=CC)CN1C(=S)SCC1(O)c1ccccc1. The van der Waals surface area contributed by atoms with Crippen molar-refractivity contribution in [1.29, 1.82) is 0 Å². The molecule has 1 fully saturated rings. The Morgan fingerprint density at radius 2 is 2.23 bits per heavy atom. The maximum absolute atomic E-state index is 11.1. The molecule has 0 amide bonds. The molecule has 1 aliphatic heterocycles. The van der Waals surface area contributed by atoms with Crippen molar-refractivity contribution >= 4 is 34.5 Å². The van der Waals surface area contributed by atoms with Crippen molar-refractivity contribution in [2.45, 2.75) is 12.6 Å². The molecule has 1 N–H and O–H groups in total. The van der Waals surface area contributed by atoms with Gasteiger partial charge in [0.1, 0.15) is 4.32 Å². The fourth-order valence-electron chi connectivity index (χ4n) is 2.25. The van der Waals surface area contributed by atoms with Crippen LogP contribution in [0.2, 0.25) is 0 Å². The molecule has 0 bridgehead atoms. The van der Waals surface area contributed by atoms with Crippen molar-refractivity contribution in [2.24, 2.45) is 4.99 Å². The third-order valence-corrected chi connectivity index (χ3v) is 5.00. The molecule has 3 nitrogen and oxygen atoms in total. The summed E-state index contributed by atoms with van der Waals surface area (Å²) in [4.78, 5) is 5.97. The smallest absolute Gasteiger partial charge is 0.175 e. The van der Waals surface area contributed by atoms with Crippen LogP contribution < -0.4 is 0 Å². The molecular formula is C17H20N2OS2. The number of nitrogens with zero attached hydrogens (tertiary/aromatic N) is 2. The van der Waals surface area contributed by atoms with E-state index in [4.69, 9.17) is 12.2 Å². The number of rotatable bonds is 6. The van der Waals surface area contributed by atoms with E-state index in [0.29, 0.717) is 23.2 Å². The Morgan fingerprint density at radius 1 is 1.50 bits per heavy atom. The average molecular weight is 332 g/mol. The largest absolute Gasteiger partial charge is 0.366 e. The summed E-state index contributed by atoms with van der Waals surface area (Å²) < 4.78 is 0.701. The highest BCUT2D eigenvalue weighted by atomic mass is 32.2. The predicted octanol–water partition coefficient (Wildman–Crippen LogP) is 3.37. The minimum absolute atomic E-state index is 0.504. The molecule has 1 aromatic carbocycles. The summed E-state index contributed by atoms with van der Waals surface area (Å²) in [5.41, 5.74) is 0.682. The molecule has 1 heterocycles. The molecule has 116 valence electrons. The molecule has 0 saturated carbocycles. The summed E-state index contributed by atoms with van der Waals surface area (Å²) in [6, 6.07) is 9.64. The van der Waals surface area contributed by atoms with E-state index in [1.807, 2.05) is 54.3 Å². The maximum Gasteiger partial charge on any atom is 0.175 e. The number of aliphatic imine (C=N–C) groups is 1. The molecule has 0 radical (unpaired) electrons. The molecule has 1 saturated heterocycles. The Balaban J connectivity index is 2.12. The maximum atomic E-state index is 11.1. The average Bonchev–Trinajstić information content (AvgIpc) is 2.82. The Labute approximate surface area is 141 Å². The van der Waals surface area contributed by atoms with Crippen LogP contribution in [0.25, 0.3) is 0 Å². The van der Waals surface area contributed by atoms with E-state index in [1.54, 1.807) is 6.21 Å². The Morgan fingerprint density at radius 3 is 2.91 bits per heavy atom. The summed E-state index contributed by atoms with van der Waals surface area (Å²) in [6.07, 6.45) is 5.66. The summed E-state index contributed by atoms with van der Waals surface area (Å²) in [7, 11) is 0. The van der Waals surface area contributed by atoms with Gasteiger partial charge in [-0.15, -0.1) is 0 Å². The lowest BCUT2D eigenvalue weighted by Crippen LogP contribution is -2.45. The Kier molecular flexibility index (Phi) is 5.94. The van der Waals surface area contributed by atoms with Gasteiger partial charge in [-0.2, -0.15) is 0 Å². The summed E-state index contributed by atoms with van der Waals surface area (Å²) in [5.74, 6) is 0.535. The van der Waals surface area contributed by atoms with E-state index in [-0.39, 0.29) is 0 Å². The van der Waals surface area contributed by atoms with Crippen molar-refractivity contribution in [3.8, 4) is 0 Å². The zero-order valence-electron chi connectivity index (χ0n) is 12.6. The lowest BCUT2D eigenvalue weighted by molar-refractivity contribution is -0.0419. The lowest BCUT2D eigenvalue weighted by Gasteiger charge is -2.34. The van der Waals surface area contributed by atoms with Crippen LogP contribution in [0.4, 0.5) is 0 Å². The van der Waals surface area contributed by atoms with Crippen LogP contribution in [0.3, 0.4) is 0 Å². The number of thioether (sulfide) groups is 1. The zero-order chi connectivity index (χ0) is 16.0. The molecule has 22 heavy (non-hydrogen) atoms. The monoisotopic (exact) mass is 332 g/mol. The Hall–Kier alpha value is -1.43. The molecule has 0 aromatic heterocycles. The number of benzene rings is 1. The van der Waals surface area contributed by atoms with Gasteiger partial charge in [0.2, 0.25) is 0 Å². The number of thiocarbonyl (C=S) groups is 1. The number of hydrogen-bond donors (Lipinski definition) is 1. The predicted molar refractivity (Wildman–Crippen MR) is 99.4 cm³/mol. The molecule has 0 aliphatic carbocycles. The van der Waals surface area contributed by atoms with Gasteiger partial charge in [0.25, 0.3) is 0 Å². The molecule has 1 aromatic rings. The zero-order valence-corrected chi connectivity index (χ0v) is 14.2. The highest BCUT2D eigenvalue weighted by Crippen LogP contribution is 2.39. The van der Waals surface area contributed by atoms with Crippen molar-refractivity contribution in [1.82, 2.24) is 4.90 Å². The van der Waals surface area contributed by atoms with E-state index in [2.05, 4.69) is 11.6 Å². The van der Waals surface area contributed by atoms with Crippen LogP contribution >= 0.6 is 24.0 Å². The van der Waals surface area contributed by atoms with Gasteiger partial charge in [0.05, 0.1) is 12.3 Å². The van der Waals surface area contributed by atoms with E-state index >= 15 is 0 Å². The number of aliphatic hydroxyl groups is 1. The lowest BCUT2D eigenvalue weighted by atomic mass is 10.0. The molecule has 2 rings (SSSR count). The van der Waals surface area contributed by atoms with Gasteiger partial charge < -0.3 is 10.0 Å². The van der Waals surface area contributed by atoms with Crippen molar-refractivity contribution in [2.75, 3.05) is 18.8 Å². The van der Waals surface area contributed by atoms with Crippen LogP contribution in [-0.4, -0.2) is 39.4 Å².